The molecule has 0 fully saturated rings. The minimum absolute atomic E-state index is 0.0343. The summed E-state index contributed by atoms with van der Waals surface area (Å²) in [6.07, 6.45) is 4.45. The van der Waals surface area contributed by atoms with Gasteiger partial charge in [0.1, 0.15) is 5.76 Å². The number of thiazole rings is 1. The van der Waals surface area contributed by atoms with Gasteiger partial charge in [-0.05, 0) is 5.41 Å². The number of hydrogen-bond donors (Lipinski definition) is 1. The highest BCUT2D eigenvalue weighted by Gasteiger charge is 2.22. The third kappa shape index (κ3) is 5.94. The molecule has 5 nitrogen and oxygen atoms in total. The van der Waals surface area contributed by atoms with Gasteiger partial charge in [-0.2, -0.15) is 0 Å². The van der Waals surface area contributed by atoms with Crippen molar-refractivity contribution in [3.8, 4) is 0 Å². The van der Waals surface area contributed by atoms with Gasteiger partial charge in [-0.25, -0.2) is 9.97 Å². The number of nitrogens with zero attached hydrogens (tertiary/aromatic N) is 2. The van der Waals surface area contributed by atoms with E-state index in [9.17, 15) is 4.79 Å². The van der Waals surface area contributed by atoms with Crippen LogP contribution in [0.3, 0.4) is 0 Å². The molecular formula is C17H25N3O2S2. The lowest BCUT2D eigenvalue weighted by atomic mass is 9.91. The molecule has 0 radical (unpaired) electrons. The van der Waals surface area contributed by atoms with Gasteiger partial charge in [0.2, 0.25) is 11.8 Å². The average molecular weight is 368 g/mol. The lowest BCUT2D eigenvalue weighted by Gasteiger charge is -2.15. The molecule has 24 heavy (non-hydrogen) atoms. The van der Waals surface area contributed by atoms with E-state index in [1.54, 1.807) is 18.0 Å². The van der Waals surface area contributed by atoms with Crippen molar-refractivity contribution in [2.75, 3.05) is 5.32 Å². The predicted octanol–water partition coefficient (Wildman–Crippen LogP) is 5.00. The number of thioether (sulfide) groups is 1. The van der Waals surface area contributed by atoms with Gasteiger partial charge in [-0.15, -0.1) is 11.8 Å². The lowest BCUT2D eigenvalue weighted by Crippen LogP contribution is -2.27. The second-order valence-electron chi connectivity index (χ2n) is 7.93. The lowest BCUT2D eigenvalue weighted by molar-refractivity contribution is -0.123. The van der Waals surface area contributed by atoms with Crippen LogP contribution in [0.5, 0.6) is 0 Å². The van der Waals surface area contributed by atoms with Gasteiger partial charge >= 0.3 is 0 Å². The van der Waals surface area contributed by atoms with Crippen LogP contribution < -0.4 is 5.32 Å². The second-order valence-corrected chi connectivity index (χ2v) is 10.2. The predicted molar refractivity (Wildman–Crippen MR) is 99.4 cm³/mol. The highest BCUT2D eigenvalue weighted by Crippen LogP contribution is 2.31. The molecular weight excluding hydrogens is 342 g/mol. The first kappa shape index (κ1) is 19.0. The molecule has 1 N–H and O–H groups in total. The quantitative estimate of drug-likeness (QED) is 0.754. The van der Waals surface area contributed by atoms with Gasteiger partial charge in [0.25, 0.3) is 0 Å². The van der Waals surface area contributed by atoms with Crippen molar-refractivity contribution in [1.29, 1.82) is 0 Å². The molecule has 2 heterocycles. The maximum atomic E-state index is 12.0. The standard InChI is InChI=1S/C17H25N3O2S2/c1-16(2,3)7-11-8-18-12(22-11)10-23-13-9-19-15(24-13)20-14(21)17(4,5)6/h8-9H,7,10H2,1-6H3,(H,19,20,21). The van der Waals surface area contributed by atoms with Crippen LogP contribution in [0.1, 0.15) is 53.2 Å². The number of amides is 1. The molecule has 7 heteroatoms. The summed E-state index contributed by atoms with van der Waals surface area (Å²) in [5.41, 5.74) is -0.248. The van der Waals surface area contributed by atoms with E-state index in [1.807, 2.05) is 27.0 Å². The van der Waals surface area contributed by atoms with Crippen LogP contribution in [-0.4, -0.2) is 15.9 Å². The number of aromatic nitrogens is 2. The summed E-state index contributed by atoms with van der Waals surface area (Å²) in [5.74, 6) is 2.25. The van der Waals surface area contributed by atoms with Crippen molar-refractivity contribution in [2.45, 2.75) is 57.9 Å². The number of carbonyl (C=O) groups excluding carboxylic acids is 1. The van der Waals surface area contributed by atoms with Crippen molar-refractivity contribution in [3.05, 3.63) is 24.0 Å². The summed E-state index contributed by atoms with van der Waals surface area (Å²) in [5, 5.41) is 3.47. The van der Waals surface area contributed by atoms with Crippen LogP contribution >= 0.6 is 23.1 Å². The first-order valence-electron chi connectivity index (χ1n) is 7.87. The summed E-state index contributed by atoms with van der Waals surface area (Å²) in [4.78, 5) is 20.5. The SMILES string of the molecule is CC(C)(C)Cc1cnc(CSc2cnc(NC(=O)C(C)(C)C)s2)o1. The zero-order chi connectivity index (χ0) is 18.0. The van der Waals surface area contributed by atoms with Crippen molar-refractivity contribution in [1.82, 2.24) is 9.97 Å². The fourth-order valence-corrected chi connectivity index (χ4v) is 3.54. The van der Waals surface area contributed by atoms with E-state index in [-0.39, 0.29) is 11.3 Å². The molecule has 0 unspecified atom stereocenters. The molecule has 132 valence electrons. The van der Waals surface area contributed by atoms with Crippen molar-refractivity contribution >= 4 is 34.1 Å². The monoisotopic (exact) mass is 367 g/mol. The van der Waals surface area contributed by atoms with Gasteiger partial charge in [-0.3, -0.25) is 4.79 Å². The molecule has 0 aromatic carbocycles. The van der Waals surface area contributed by atoms with Crippen LogP contribution in [0, 0.1) is 10.8 Å². The molecule has 0 aliphatic carbocycles. The Kier molecular flexibility index (Phi) is 5.75. The first-order valence-corrected chi connectivity index (χ1v) is 9.67. The molecule has 2 rings (SSSR count). The number of nitrogens with one attached hydrogen (secondary N) is 1. The Bertz CT molecular complexity index is 693. The maximum Gasteiger partial charge on any atom is 0.231 e. The Morgan fingerprint density at radius 3 is 2.54 bits per heavy atom. The van der Waals surface area contributed by atoms with E-state index in [0.29, 0.717) is 16.8 Å². The van der Waals surface area contributed by atoms with Crippen LogP contribution in [-0.2, 0) is 17.0 Å². The normalized spacial score (nSPS) is 12.4. The highest BCUT2D eigenvalue weighted by atomic mass is 32.2. The van der Waals surface area contributed by atoms with E-state index >= 15 is 0 Å². The number of anilines is 1. The molecule has 0 bridgehead atoms. The summed E-state index contributed by atoms with van der Waals surface area (Å²) in [6.45, 7) is 12.2. The summed E-state index contributed by atoms with van der Waals surface area (Å²) in [6, 6.07) is 0. The van der Waals surface area contributed by atoms with Crippen LogP contribution in [0.25, 0.3) is 0 Å². The Balaban J connectivity index is 1.88. The third-order valence-corrected chi connectivity index (χ3v) is 5.12. The van der Waals surface area contributed by atoms with Gasteiger partial charge < -0.3 is 9.73 Å². The number of rotatable bonds is 5. The number of carbonyl (C=O) groups is 1. The highest BCUT2D eigenvalue weighted by molar-refractivity contribution is 8.00. The van der Waals surface area contributed by atoms with Gasteiger partial charge in [0.05, 0.1) is 22.4 Å². The zero-order valence-electron chi connectivity index (χ0n) is 15.1. The maximum absolute atomic E-state index is 12.0. The molecule has 0 saturated carbocycles. The van der Waals surface area contributed by atoms with Crippen LogP contribution in [0.15, 0.2) is 21.0 Å². The zero-order valence-corrected chi connectivity index (χ0v) is 16.7. The molecule has 1 amide bonds. The van der Waals surface area contributed by atoms with E-state index < -0.39 is 5.41 Å². The number of hydrogen-bond acceptors (Lipinski definition) is 6. The fourth-order valence-electron chi connectivity index (χ4n) is 1.82. The summed E-state index contributed by atoms with van der Waals surface area (Å²) >= 11 is 3.07. The molecule has 0 aliphatic heterocycles. The molecule has 2 aromatic heterocycles. The molecule has 0 spiro atoms. The van der Waals surface area contributed by atoms with Crippen LogP contribution in [0.4, 0.5) is 5.13 Å². The topological polar surface area (TPSA) is 68.0 Å². The smallest absolute Gasteiger partial charge is 0.231 e. The van der Waals surface area contributed by atoms with Crippen LogP contribution in [0.2, 0.25) is 0 Å². The Morgan fingerprint density at radius 2 is 1.92 bits per heavy atom. The largest absolute Gasteiger partial charge is 0.445 e. The van der Waals surface area contributed by atoms with Crippen molar-refractivity contribution in [3.63, 3.8) is 0 Å². The summed E-state index contributed by atoms with van der Waals surface area (Å²) < 4.78 is 6.80. The molecule has 0 atom stereocenters. The Hall–Kier alpha value is -1.34. The minimum Gasteiger partial charge on any atom is -0.445 e. The summed E-state index contributed by atoms with van der Waals surface area (Å²) in [7, 11) is 0. The third-order valence-electron chi connectivity index (χ3n) is 3.03. The molecule has 0 saturated heterocycles. The molecule has 0 aliphatic rings. The van der Waals surface area contributed by atoms with E-state index in [4.69, 9.17) is 4.42 Å². The average Bonchev–Trinajstić information content (AvgIpc) is 3.03. The van der Waals surface area contributed by atoms with E-state index in [1.165, 1.54) is 11.3 Å². The van der Waals surface area contributed by atoms with Gasteiger partial charge in [0, 0.05) is 11.8 Å². The van der Waals surface area contributed by atoms with Gasteiger partial charge in [0.15, 0.2) is 5.13 Å². The fraction of sp³-hybridized carbons (Fsp3) is 0.588. The van der Waals surface area contributed by atoms with Crippen molar-refractivity contribution in [2.24, 2.45) is 10.8 Å². The first-order chi connectivity index (χ1) is 11.0. The second kappa shape index (κ2) is 7.27. The van der Waals surface area contributed by atoms with Crippen molar-refractivity contribution < 1.29 is 9.21 Å². The Morgan fingerprint density at radius 1 is 1.21 bits per heavy atom. The van der Waals surface area contributed by atoms with Gasteiger partial charge in [-0.1, -0.05) is 52.9 Å². The minimum atomic E-state index is -0.430. The van der Waals surface area contributed by atoms with E-state index in [0.717, 1.165) is 16.4 Å². The van der Waals surface area contributed by atoms with E-state index in [2.05, 4.69) is 36.1 Å². The Labute approximate surface area is 151 Å². The number of oxazole rings is 1. The molecule has 2 aromatic rings.